The predicted octanol–water partition coefficient (Wildman–Crippen LogP) is 0.193. The number of piperidine rings is 1. The van der Waals surface area contributed by atoms with Gasteiger partial charge in [-0.05, 0) is 32.9 Å². The minimum absolute atomic E-state index is 0.0217. The molecule has 1 aliphatic heterocycles. The van der Waals surface area contributed by atoms with E-state index in [4.69, 9.17) is 0 Å². The molecule has 1 atom stereocenters. The van der Waals surface area contributed by atoms with Gasteiger partial charge in [-0.25, -0.2) is 9.97 Å². The Morgan fingerprint density at radius 1 is 1.43 bits per heavy atom. The summed E-state index contributed by atoms with van der Waals surface area (Å²) in [4.78, 5) is 8.21. The highest BCUT2D eigenvalue weighted by molar-refractivity contribution is 7.87. The van der Waals surface area contributed by atoms with Crippen molar-refractivity contribution in [3.05, 3.63) is 23.8 Å². The van der Waals surface area contributed by atoms with Crippen LogP contribution in [0.25, 0.3) is 0 Å². The van der Waals surface area contributed by atoms with Gasteiger partial charge >= 0.3 is 0 Å². The van der Waals surface area contributed by atoms with E-state index in [1.165, 1.54) is 0 Å². The molecular formula is C13H23N5O2S. The molecule has 2 heterocycles. The van der Waals surface area contributed by atoms with E-state index in [1.54, 1.807) is 23.5 Å². The second-order valence-electron chi connectivity index (χ2n) is 5.24. The third-order valence-corrected chi connectivity index (χ3v) is 5.20. The van der Waals surface area contributed by atoms with Crippen molar-refractivity contribution in [1.82, 2.24) is 24.3 Å². The van der Waals surface area contributed by atoms with Gasteiger partial charge in [-0.1, -0.05) is 6.42 Å². The first-order valence-corrected chi connectivity index (χ1v) is 8.66. The highest BCUT2D eigenvalue weighted by Gasteiger charge is 2.31. The number of hydrogen-bond acceptors (Lipinski definition) is 5. The number of nitrogens with one attached hydrogen (secondary N) is 2. The van der Waals surface area contributed by atoms with Crippen molar-refractivity contribution in [3.63, 3.8) is 0 Å². The number of aromatic nitrogens is 2. The van der Waals surface area contributed by atoms with Crippen LogP contribution >= 0.6 is 0 Å². The minimum Gasteiger partial charge on any atom is -0.318 e. The van der Waals surface area contributed by atoms with Crippen molar-refractivity contribution in [2.24, 2.45) is 0 Å². The fraction of sp³-hybridized carbons (Fsp3) is 0.692. The SMILES string of the molecule is CNCC1CCCCN1S(=O)(=O)NCc1ccnc(C)n1. The maximum absolute atomic E-state index is 12.5. The van der Waals surface area contributed by atoms with E-state index in [0.717, 1.165) is 19.3 Å². The van der Waals surface area contributed by atoms with Crippen LogP contribution in [-0.4, -0.2) is 48.9 Å². The molecule has 1 unspecified atom stereocenters. The molecule has 1 aromatic heterocycles. The summed E-state index contributed by atoms with van der Waals surface area (Å²) >= 11 is 0. The van der Waals surface area contributed by atoms with Gasteiger partial charge in [-0.3, -0.25) is 0 Å². The molecule has 0 saturated carbocycles. The Morgan fingerprint density at radius 2 is 2.24 bits per heavy atom. The van der Waals surface area contributed by atoms with E-state index in [-0.39, 0.29) is 12.6 Å². The summed E-state index contributed by atoms with van der Waals surface area (Å²) in [6.45, 7) is 3.22. The summed E-state index contributed by atoms with van der Waals surface area (Å²) in [5, 5.41) is 3.07. The third-order valence-electron chi connectivity index (χ3n) is 3.59. The van der Waals surface area contributed by atoms with E-state index >= 15 is 0 Å². The fourth-order valence-corrected chi connectivity index (χ4v) is 4.02. The average molecular weight is 313 g/mol. The molecule has 0 aromatic carbocycles. The van der Waals surface area contributed by atoms with Crippen LogP contribution in [0.3, 0.4) is 0 Å². The number of likely N-dealkylation sites (N-methyl/N-ethyl adjacent to an activating group) is 1. The Morgan fingerprint density at radius 3 is 2.95 bits per heavy atom. The van der Waals surface area contributed by atoms with Gasteiger partial charge in [0.2, 0.25) is 0 Å². The lowest BCUT2D eigenvalue weighted by molar-refractivity contribution is 0.246. The summed E-state index contributed by atoms with van der Waals surface area (Å²) in [6.07, 6.45) is 4.52. The highest BCUT2D eigenvalue weighted by atomic mass is 32.2. The molecule has 1 aromatic rings. The maximum atomic E-state index is 12.5. The van der Waals surface area contributed by atoms with Crippen molar-refractivity contribution >= 4 is 10.2 Å². The number of rotatable bonds is 6. The Labute approximate surface area is 126 Å². The van der Waals surface area contributed by atoms with Gasteiger partial charge in [0.1, 0.15) is 5.82 Å². The van der Waals surface area contributed by atoms with Crippen molar-refractivity contribution in [3.8, 4) is 0 Å². The van der Waals surface area contributed by atoms with Crippen LogP contribution in [0, 0.1) is 6.92 Å². The molecule has 1 saturated heterocycles. The van der Waals surface area contributed by atoms with Crippen LogP contribution in [-0.2, 0) is 16.8 Å². The molecule has 2 N–H and O–H groups in total. The molecule has 8 heteroatoms. The molecule has 21 heavy (non-hydrogen) atoms. The van der Waals surface area contributed by atoms with Crippen LogP contribution in [0.4, 0.5) is 0 Å². The normalized spacial score (nSPS) is 20.6. The van der Waals surface area contributed by atoms with Gasteiger partial charge in [-0.2, -0.15) is 17.4 Å². The van der Waals surface area contributed by atoms with Crippen LogP contribution in [0.5, 0.6) is 0 Å². The molecule has 118 valence electrons. The summed E-state index contributed by atoms with van der Waals surface area (Å²) in [7, 11) is -1.64. The lowest BCUT2D eigenvalue weighted by Gasteiger charge is -2.34. The molecule has 7 nitrogen and oxygen atoms in total. The second kappa shape index (κ2) is 7.26. The van der Waals surface area contributed by atoms with Crippen molar-refractivity contribution in [2.75, 3.05) is 20.1 Å². The van der Waals surface area contributed by atoms with Crippen molar-refractivity contribution in [2.45, 2.75) is 38.8 Å². The van der Waals surface area contributed by atoms with Crippen molar-refractivity contribution < 1.29 is 8.42 Å². The van der Waals surface area contributed by atoms with Gasteiger partial charge in [0.15, 0.2) is 0 Å². The zero-order chi connectivity index (χ0) is 15.3. The summed E-state index contributed by atoms with van der Waals surface area (Å²) in [5.74, 6) is 0.637. The van der Waals surface area contributed by atoms with Crippen molar-refractivity contribution in [1.29, 1.82) is 0 Å². The Kier molecular flexibility index (Phi) is 5.63. The van der Waals surface area contributed by atoms with E-state index in [0.29, 0.717) is 24.6 Å². The van der Waals surface area contributed by atoms with Crippen LogP contribution in [0.2, 0.25) is 0 Å². The van der Waals surface area contributed by atoms with E-state index in [1.807, 2.05) is 7.05 Å². The first kappa shape index (κ1) is 16.3. The largest absolute Gasteiger partial charge is 0.318 e. The number of nitrogens with zero attached hydrogens (tertiary/aromatic N) is 3. The lowest BCUT2D eigenvalue weighted by atomic mass is 10.1. The first-order chi connectivity index (χ1) is 10.0. The predicted molar refractivity (Wildman–Crippen MR) is 80.8 cm³/mol. The van der Waals surface area contributed by atoms with E-state index in [2.05, 4.69) is 20.0 Å². The molecular weight excluding hydrogens is 290 g/mol. The topological polar surface area (TPSA) is 87.2 Å². The smallest absolute Gasteiger partial charge is 0.280 e. The fourth-order valence-electron chi connectivity index (χ4n) is 2.58. The molecule has 0 aliphatic carbocycles. The lowest BCUT2D eigenvalue weighted by Crippen LogP contribution is -2.51. The Bertz CT molecular complexity index is 561. The molecule has 0 amide bonds. The average Bonchev–Trinajstić information content (AvgIpc) is 2.46. The zero-order valence-corrected chi connectivity index (χ0v) is 13.4. The van der Waals surface area contributed by atoms with Gasteiger partial charge < -0.3 is 5.32 Å². The number of hydrogen-bond donors (Lipinski definition) is 2. The molecule has 1 fully saturated rings. The van der Waals surface area contributed by atoms with Gasteiger partial charge in [-0.15, -0.1) is 0 Å². The maximum Gasteiger partial charge on any atom is 0.280 e. The Hall–Kier alpha value is -1.09. The number of aryl methyl sites for hydroxylation is 1. The molecule has 1 aliphatic rings. The third kappa shape index (κ3) is 4.44. The molecule has 0 bridgehead atoms. The van der Waals surface area contributed by atoms with Crippen LogP contribution < -0.4 is 10.0 Å². The first-order valence-electron chi connectivity index (χ1n) is 7.22. The van der Waals surface area contributed by atoms with Gasteiger partial charge in [0.25, 0.3) is 10.2 Å². The quantitative estimate of drug-likeness (QED) is 0.783. The Balaban J connectivity index is 2.02. The standard InChI is InChI=1S/C13H23N5O2S/c1-11-15-7-6-12(17-11)9-16-21(19,20)18-8-4-3-5-13(18)10-14-2/h6-7,13-14,16H,3-5,8-10H2,1-2H3. The molecule has 0 radical (unpaired) electrons. The van der Waals surface area contributed by atoms with E-state index in [9.17, 15) is 8.42 Å². The molecule has 2 rings (SSSR count). The highest BCUT2D eigenvalue weighted by Crippen LogP contribution is 2.19. The summed E-state index contributed by atoms with van der Waals surface area (Å²) in [5.41, 5.74) is 0.674. The zero-order valence-electron chi connectivity index (χ0n) is 12.5. The summed E-state index contributed by atoms with van der Waals surface area (Å²) in [6, 6.07) is 1.74. The second-order valence-corrected chi connectivity index (χ2v) is 6.95. The van der Waals surface area contributed by atoms with Gasteiger partial charge in [0.05, 0.1) is 12.2 Å². The molecule has 0 spiro atoms. The minimum atomic E-state index is -3.48. The van der Waals surface area contributed by atoms with Gasteiger partial charge in [0, 0.05) is 25.3 Å². The van der Waals surface area contributed by atoms with Crippen LogP contribution in [0.1, 0.15) is 30.8 Å². The monoisotopic (exact) mass is 313 g/mol. The van der Waals surface area contributed by atoms with Crippen LogP contribution in [0.15, 0.2) is 12.3 Å². The van der Waals surface area contributed by atoms with E-state index < -0.39 is 10.2 Å². The summed E-state index contributed by atoms with van der Waals surface area (Å²) < 4.78 is 29.2.